The molecule has 0 atom stereocenters. The summed E-state index contributed by atoms with van der Waals surface area (Å²) in [6.07, 6.45) is 0.567. The second-order valence-electron chi connectivity index (χ2n) is 3.71. The Morgan fingerprint density at radius 3 is 2.89 bits per heavy atom. The molecule has 0 fully saturated rings. The third kappa shape index (κ3) is 2.98. The molecule has 2 rings (SSSR count). The molecule has 0 bridgehead atoms. The molecule has 1 aromatic carbocycles. The van der Waals surface area contributed by atoms with Crippen LogP contribution in [0.3, 0.4) is 0 Å². The average molecular weight is 263 g/mol. The van der Waals surface area contributed by atoms with Gasteiger partial charge >= 0.3 is 0 Å². The maximum absolute atomic E-state index is 11.6. The molecule has 4 N–H and O–H groups in total. The predicted molar refractivity (Wildman–Crippen MR) is 70.7 cm³/mol. The standard InChI is InChI=1S/C12H13N3O2S/c13-12-15-9(7-18-12)11(17)14-6-5-8-3-1-2-4-10(8)16/h1-4,7,16H,5-6H2,(H2,13,15)(H,14,17). The number of para-hydroxylation sites is 1. The molecular formula is C12H13N3O2S. The van der Waals surface area contributed by atoms with Gasteiger partial charge in [-0.15, -0.1) is 11.3 Å². The molecule has 0 saturated carbocycles. The van der Waals surface area contributed by atoms with E-state index in [-0.39, 0.29) is 11.7 Å². The summed E-state index contributed by atoms with van der Waals surface area (Å²) >= 11 is 1.23. The van der Waals surface area contributed by atoms with E-state index in [4.69, 9.17) is 5.73 Å². The summed E-state index contributed by atoms with van der Waals surface area (Å²) in [7, 11) is 0. The van der Waals surface area contributed by atoms with Crippen LogP contribution >= 0.6 is 11.3 Å². The van der Waals surface area contributed by atoms with Crippen LogP contribution in [0.25, 0.3) is 0 Å². The van der Waals surface area contributed by atoms with Crippen LogP contribution in [-0.2, 0) is 6.42 Å². The van der Waals surface area contributed by atoms with Gasteiger partial charge in [0.1, 0.15) is 11.4 Å². The summed E-state index contributed by atoms with van der Waals surface area (Å²) in [4.78, 5) is 15.5. The number of nitrogens with two attached hydrogens (primary N) is 1. The van der Waals surface area contributed by atoms with E-state index in [1.807, 2.05) is 12.1 Å². The third-order valence-corrected chi connectivity index (χ3v) is 3.10. The number of thiazole rings is 1. The first kappa shape index (κ1) is 12.4. The van der Waals surface area contributed by atoms with Crippen molar-refractivity contribution in [3.63, 3.8) is 0 Å². The lowest BCUT2D eigenvalue weighted by Crippen LogP contribution is -2.26. The molecule has 2 aromatic rings. The molecule has 6 heteroatoms. The first-order valence-corrected chi connectivity index (χ1v) is 6.31. The molecule has 0 saturated heterocycles. The fraction of sp³-hybridized carbons (Fsp3) is 0.167. The van der Waals surface area contributed by atoms with Crippen molar-refractivity contribution < 1.29 is 9.90 Å². The molecule has 0 unspecified atom stereocenters. The second-order valence-corrected chi connectivity index (χ2v) is 4.60. The highest BCUT2D eigenvalue weighted by Crippen LogP contribution is 2.15. The zero-order valence-corrected chi connectivity index (χ0v) is 10.4. The van der Waals surface area contributed by atoms with Crippen molar-refractivity contribution in [3.05, 3.63) is 40.9 Å². The zero-order chi connectivity index (χ0) is 13.0. The fourth-order valence-corrected chi connectivity index (χ4v) is 2.06. The van der Waals surface area contributed by atoms with Gasteiger partial charge in [0.05, 0.1) is 0 Å². The topological polar surface area (TPSA) is 88.2 Å². The summed E-state index contributed by atoms with van der Waals surface area (Å²) in [6, 6.07) is 7.05. The predicted octanol–water partition coefficient (Wildman–Crippen LogP) is 1.40. The number of nitrogens with zero attached hydrogens (tertiary/aromatic N) is 1. The van der Waals surface area contributed by atoms with Gasteiger partial charge < -0.3 is 16.2 Å². The van der Waals surface area contributed by atoms with Gasteiger partial charge in [0.2, 0.25) is 0 Å². The molecule has 18 heavy (non-hydrogen) atoms. The van der Waals surface area contributed by atoms with Crippen LogP contribution in [0.1, 0.15) is 16.1 Å². The van der Waals surface area contributed by atoms with Crippen molar-refractivity contribution in [2.24, 2.45) is 0 Å². The number of carbonyl (C=O) groups is 1. The summed E-state index contributed by atoms with van der Waals surface area (Å²) in [5.74, 6) is -0.0111. The number of carbonyl (C=O) groups excluding carboxylic acids is 1. The van der Waals surface area contributed by atoms with Gasteiger partial charge in [-0.25, -0.2) is 4.98 Å². The molecule has 0 spiro atoms. The first-order valence-electron chi connectivity index (χ1n) is 5.43. The van der Waals surface area contributed by atoms with E-state index >= 15 is 0 Å². The Balaban J connectivity index is 1.86. The van der Waals surface area contributed by atoms with E-state index in [2.05, 4.69) is 10.3 Å². The van der Waals surface area contributed by atoms with Crippen LogP contribution in [-0.4, -0.2) is 22.5 Å². The van der Waals surface area contributed by atoms with E-state index in [9.17, 15) is 9.90 Å². The second kappa shape index (κ2) is 5.50. The highest BCUT2D eigenvalue weighted by Gasteiger charge is 2.09. The quantitative estimate of drug-likeness (QED) is 0.778. The van der Waals surface area contributed by atoms with Crippen LogP contribution < -0.4 is 11.1 Å². The largest absolute Gasteiger partial charge is 0.508 e. The molecule has 5 nitrogen and oxygen atoms in total. The molecule has 1 amide bonds. The Morgan fingerprint density at radius 1 is 1.44 bits per heavy atom. The number of anilines is 1. The van der Waals surface area contributed by atoms with Crippen molar-refractivity contribution in [3.8, 4) is 5.75 Å². The van der Waals surface area contributed by atoms with E-state index in [0.29, 0.717) is 23.8 Å². The number of phenolic OH excluding ortho intramolecular Hbond substituents is 1. The van der Waals surface area contributed by atoms with Crippen LogP contribution in [0.2, 0.25) is 0 Å². The maximum Gasteiger partial charge on any atom is 0.270 e. The van der Waals surface area contributed by atoms with Crippen molar-refractivity contribution in [2.45, 2.75) is 6.42 Å². The fourth-order valence-electron chi connectivity index (χ4n) is 1.52. The lowest BCUT2D eigenvalue weighted by atomic mass is 10.1. The minimum absolute atomic E-state index is 0.240. The van der Waals surface area contributed by atoms with Crippen molar-refractivity contribution >= 4 is 22.4 Å². The number of phenols is 1. The molecule has 0 radical (unpaired) electrons. The smallest absolute Gasteiger partial charge is 0.270 e. The molecule has 1 aromatic heterocycles. The average Bonchev–Trinajstić information content (AvgIpc) is 2.78. The molecular weight excluding hydrogens is 250 g/mol. The van der Waals surface area contributed by atoms with Crippen LogP contribution in [0.15, 0.2) is 29.6 Å². The van der Waals surface area contributed by atoms with Gasteiger partial charge in [0.15, 0.2) is 5.13 Å². The lowest BCUT2D eigenvalue weighted by Gasteiger charge is -2.05. The van der Waals surface area contributed by atoms with Crippen LogP contribution in [0.4, 0.5) is 5.13 Å². The minimum Gasteiger partial charge on any atom is -0.508 e. The molecule has 1 heterocycles. The Bertz CT molecular complexity index is 554. The van der Waals surface area contributed by atoms with E-state index in [1.165, 1.54) is 11.3 Å². The third-order valence-electron chi connectivity index (χ3n) is 2.43. The number of nitrogen functional groups attached to an aromatic ring is 1. The maximum atomic E-state index is 11.6. The Kier molecular flexibility index (Phi) is 3.78. The molecule has 0 aliphatic carbocycles. The lowest BCUT2D eigenvalue weighted by molar-refractivity contribution is 0.0950. The number of hydrogen-bond acceptors (Lipinski definition) is 5. The van der Waals surface area contributed by atoms with Gasteiger partial charge in [0, 0.05) is 11.9 Å². The highest BCUT2D eigenvalue weighted by molar-refractivity contribution is 7.13. The van der Waals surface area contributed by atoms with Gasteiger partial charge in [-0.05, 0) is 18.1 Å². The zero-order valence-electron chi connectivity index (χ0n) is 9.59. The number of aromatic nitrogens is 1. The number of benzene rings is 1. The van der Waals surface area contributed by atoms with E-state index in [0.717, 1.165) is 5.56 Å². The Morgan fingerprint density at radius 2 is 2.22 bits per heavy atom. The summed E-state index contributed by atoms with van der Waals surface area (Å²) in [6.45, 7) is 0.438. The van der Waals surface area contributed by atoms with Crippen molar-refractivity contribution in [1.82, 2.24) is 10.3 Å². The van der Waals surface area contributed by atoms with Gasteiger partial charge in [-0.1, -0.05) is 18.2 Å². The first-order chi connectivity index (χ1) is 8.66. The summed E-state index contributed by atoms with van der Waals surface area (Å²) < 4.78 is 0. The number of hydrogen-bond donors (Lipinski definition) is 3. The molecule has 0 aliphatic rings. The summed E-state index contributed by atoms with van der Waals surface area (Å²) in [5.41, 5.74) is 6.58. The van der Waals surface area contributed by atoms with Crippen molar-refractivity contribution in [2.75, 3.05) is 12.3 Å². The van der Waals surface area contributed by atoms with E-state index in [1.54, 1.807) is 17.5 Å². The summed E-state index contributed by atoms with van der Waals surface area (Å²) in [5, 5.41) is 14.3. The normalized spacial score (nSPS) is 10.2. The van der Waals surface area contributed by atoms with Gasteiger partial charge in [-0.2, -0.15) is 0 Å². The monoisotopic (exact) mass is 263 g/mol. The SMILES string of the molecule is Nc1nc(C(=O)NCCc2ccccc2O)cs1. The minimum atomic E-state index is -0.252. The van der Waals surface area contributed by atoms with Crippen LogP contribution in [0.5, 0.6) is 5.75 Å². The van der Waals surface area contributed by atoms with Gasteiger partial charge in [-0.3, -0.25) is 4.79 Å². The number of aromatic hydroxyl groups is 1. The van der Waals surface area contributed by atoms with E-state index < -0.39 is 0 Å². The Hall–Kier alpha value is -2.08. The molecule has 94 valence electrons. The Labute approximate surface area is 108 Å². The molecule has 0 aliphatic heterocycles. The van der Waals surface area contributed by atoms with Crippen molar-refractivity contribution in [1.29, 1.82) is 0 Å². The number of nitrogens with one attached hydrogen (secondary N) is 1. The van der Waals surface area contributed by atoms with Gasteiger partial charge in [0.25, 0.3) is 5.91 Å². The number of rotatable bonds is 4. The highest BCUT2D eigenvalue weighted by atomic mass is 32.1. The number of amides is 1. The van der Waals surface area contributed by atoms with Crippen LogP contribution in [0, 0.1) is 0 Å².